The van der Waals surface area contributed by atoms with E-state index in [0.29, 0.717) is 11.4 Å². The maximum atomic E-state index is 12.1. The molecule has 0 aliphatic rings. The van der Waals surface area contributed by atoms with Gasteiger partial charge in [0.05, 0.1) is 12.1 Å². The lowest BCUT2D eigenvalue weighted by molar-refractivity contribution is 0.0696. The van der Waals surface area contributed by atoms with Crippen LogP contribution >= 0.6 is 0 Å². The summed E-state index contributed by atoms with van der Waals surface area (Å²) in [6, 6.07) is 7.74. The number of rotatable bonds is 7. The Labute approximate surface area is 145 Å². The molecule has 0 radical (unpaired) electrons. The third-order valence-electron chi connectivity index (χ3n) is 3.32. The quantitative estimate of drug-likeness (QED) is 0.652. The van der Waals surface area contributed by atoms with E-state index >= 15 is 0 Å². The van der Waals surface area contributed by atoms with Crippen LogP contribution in [0.2, 0.25) is 0 Å². The Kier molecular flexibility index (Phi) is 5.89. The molecule has 0 saturated carbocycles. The minimum Gasteiger partial charge on any atom is -0.492 e. The van der Waals surface area contributed by atoms with E-state index in [1.165, 1.54) is 12.1 Å². The molecule has 0 saturated heterocycles. The lowest BCUT2D eigenvalue weighted by Gasteiger charge is -2.10. The molecule has 0 unspecified atom stereocenters. The summed E-state index contributed by atoms with van der Waals surface area (Å²) in [7, 11) is 0. The number of nitrogens with zero attached hydrogens (tertiary/aromatic N) is 2. The number of ether oxygens (including phenoxy) is 1. The highest BCUT2D eigenvalue weighted by molar-refractivity contribution is 5.92. The molecule has 0 spiro atoms. The number of carbonyl (C=O) groups is 2. The third kappa shape index (κ3) is 5.17. The monoisotopic (exact) mass is 344 g/mol. The van der Waals surface area contributed by atoms with Crippen LogP contribution in [0.4, 0.5) is 5.95 Å². The molecule has 0 aliphatic heterocycles. The molecule has 2 aromatic rings. The number of aromatic nitrogens is 2. The second kappa shape index (κ2) is 8.09. The van der Waals surface area contributed by atoms with Gasteiger partial charge in [-0.15, -0.1) is 0 Å². The molecule has 0 atom stereocenters. The van der Waals surface area contributed by atoms with Crippen molar-refractivity contribution in [1.29, 1.82) is 0 Å². The van der Waals surface area contributed by atoms with Crippen molar-refractivity contribution in [2.24, 2.45) is 0 Å². The lowest BCUT2D eigenvalue weighted by Crippen LogP contribution is -2.29. The molecule has 8 nitrogen and oxygen atoms in total. The van der Waals surface area contributed by atoms with E-state index in [9.17, 15) is 9.59 Å². The van der Waals surface area contributed by atoms with Gasteiger partial charge in [-0.2, -0.15) is 0 Å². The number of nitrogens with one attached hydrogen (secondary N) is 1. The maximum Gasteiger partial charge on any atom is 0.335 e. The van der Waals surface area contributed by atoms with Crippen molar-refractivity contribution in [2.75, 3.05) is 18.9 Å². The summed E-state index contributed by atoms with van der Waals surface area (Å²) in [6.07, 6.45) is 0. The van der Waals surface area contributed by atoms with Crippen molar-refractivity contribution < 1.29 is 19.4 Å². The molecule has 25 heavy (non-hydrogen) atoms. The molecule has 0 aliphatic carbocycles. The fraction of sp³-hybridized carbons (Fsp3) is 0.294. The van der Waals surface area contributed by atoms with Crippen LogP contribution < -0.4 is 15.8 Å². The minimum atomic E-state index is -1.03. The summed E-state index contributed by atoms with van der Waals surface area (Å²) in [5, 5.41) is 11.6. The van der Waals surface area contributed by atoms with E-state index in [4.69, 9.17) is 15.6 Å². The SMILES string of the molecule is CC(C)c1cc(C(=O)NCCOc2cccc(C(=O)O)c2)nc(N)n1. The highest BCUT2D eigenvalue weighted by Crippen LogP contribution is 2.14. The van der Waals surface area contributed by atoms with Crippen molar-refractivity contribution in [3.63, 3.8) is 0 Å². The third-order valence-corrected chi connectivity index (χ3v) is 3.32. The normalized spacial score (nSPS) is 10.5. The zero-order chi connectivity index (χ0) is 18.4. The molecule has 1 amide bonds. The zero-order valence-electron chi connectivity index (χ0n) is 14.0. The van der Waals surface area contributed by atoms with Crippen molar-refractivity contribution in [1.82, 2.24) is 15.3 Å². The van der Waals surface area contributed by atoms with Gasteiger partial charge in [-0.25, -0.2) is 14.8 Å². The number of benzene rings is 1. The van der Waals surface area contributed by atoms with Crippen LogP contribution in [0.25, 0.3) is 0 Å². The number of carboxylic acids is 1. The Hall–Kier alpha value is -3.16. The van der Waals surface area contributed by atoms with Gasteiger partial charge in [-0.3, -0.25) is 4.79 Å². The number of anilines is 1. The summed E-state index contributed by atoms with van der Waals surface area (Å²) < 4.78 is 5.43. The van der Waals surface area contributed by atoms with E-state index in [1.54, 1.807) is 18.2 Å². The fourth-order valence-corrected chi connectivity index (χ4v) is 2.04. The van der Waals surface area contributed by atoms with Gasteiger partial charge in [0.25, 0.3) is 5.91 Å². The fourth-order valence-electron chi connectivity index (χ4n) is 2.04. The number of carbonyl (C=O) groups excluding carboxylic acids is 1. The maximum absolute atomic E-state index is 12.1. The molecule has 0 fully saturated rings. The van der Waals surface area contributed by atoms with Crippen LogP contribution in [0.15, 0.2) is 30.3 Å². The Morgan fingerprint density at radius 3 is 2.72 bits per heavy atom. The van der Waals surface area contributed by atoms with Crippen LogP contribution in [0.5, 0.6) is 5.75 Å². The van der Waals surface area contributed by atoms with Gasteiger partial charge in [0.2, 0.25) is 5.95 Å². The van der Waals surface area contributed by atoms with Crippen molar-refractivity contribution in [3.05, 3.63) is 47.3 Å². The van der Waals surface area contributed by atoms with Gasteiger partial charge in [0.15, 0.2) is 0 Å². The number of hydrogen-bond acceptors (Lipinski definition) is 6. The minimum absolute atomic E-state index is 0.0538. The van der Waals surface area contributed by atoms with E-state index in [0.717, 1.165) is 0 Å². The number of nitrogens with two attached hydrogens (primary N) is 1. The van der Waals surface area contributed by atoms with E-state index < -0.39 is 5.97 Å². The topological polar surface area (TPSA) is 127 Å². The van der Waals surface area contributed by atoms with Crippen LogP contribution in [-0.2, 0) is 0 Å². The van der Waals surface area contributed by atoms with Gasteiger partial charge >= 0.3 is 5.97 Å². The average Bonchev–Trinajstić information content (AvgIpc) is 2.58. The first-order valence-corrected chi connectivity index (χ1v) is 7.75. The molecular weight excluding hydrogens is 324 g/mol. The molecule has 8 heteroatoms. The number of hydrogen-bond donors (Lipinski definition) is 3. The first-order chi connectivity index (χ1) is 11.9. The molecule has 1 aromatic heterocycles. The predicted octanol–water partition coefficient (Wildman–Crippen LogP) is 1.69. The number of amides is 1. The number of carboxylic acid groups (broad SMARTS) is 1. The van der Waals surface area contributed by atoms with Crippen molar-refractivity contribution in [3.8, 4) is 5.75 Å². The van der Waals surface area contributed by atoms with Gasteiger partial charge < -0.3 is 20.9 Å². The summed E-state index contributed by atoms with van der Waals surface area (Å²) in [4.78, 5) is 31.1. The van der Waals surface area contributed by atoms with Gasteiger partial charge in [0.1, 0.15) is 18.1 Å². The lowest BCUT2D eigenvalue weighted by atomic mass is 10.1. The summed E-state index contributed by atoms with van der Waals surface area (Å²) >= 11 is 0. The Bertz CT molecular complexity index is 777. The van der Waals surface area contributed by atoms with Crippen LogP contribution in [0.1, 0.15) is 46.3 Å². The highest BCUT2D eigenvalue weighted by atomic mass is 16.5. The van der Waals surface area contributed by atoms with Crippen molar-refractivity contribution in [2.45, 2.75) is 19.8 Å². The largest absolute Gasteiger partial charge is 0.492 e. The molecule has 1 aromatic carbocycles. The Morgan fingerprint density at radius 2 is 2.04 bits per heavy atom. The first-order valence-electron chi connectivity index (χ1n) is 7.75. The van der Waals surface area contributed by atoms with E-state index in [2.05, 4.69) is 15.3 Å². The first kappa shape index (κ1) is 18.2. The summed E-state index contributed by atoms with van der Waals surface area (Å²) in [5.41, 5.74) is 6.66. The zero-order valence-corrected chi connectivity index (χ0v) is 14.0. The smallest absolute Gasteiger partial charge is 0.335 e. The average molecular weight is 344 g/mol. The summed E-state index contributed by atoms with van der Waals surface area (Å²) in [5.74, 6) is -0.803. The number of nitrogen functional groups attached to an aromatic ring is 1. The molecule has 4 N–H and O–H groups in total. The van der Waals surface area contributed by atoms with Crippen LogP contribution in [0, 0.1) is 0 Å². The summed E-state index contributed by atoms with van der Waals surface area (Å²) in [6.45, 7) is 4.31. The van der Waals surface area contributed by atoms with Gasteiger partial charge in [0, 0.05) is 5.69 Å². The highest BCUT2D eigenvalue weighted by Gasteiger charge is 2.12. The van der Waals surface area contributed by atoms with E-state index in [1.807, 2.05) is 13.8 Å². The second-order valence-corrected chi connectivity index (χ2v) is 5.63. The molecule has 2 rings (SSSR count). The van der Waals surface area contributed by atoms with E-state index in [-0.39, 0.29) is 42.2 Å². The molecule has 0 bridgehead atoms. The molecular formula is C17H20N4O4. The van der Waals surface area contributed by atoms with Gasteiger partial charge in [-0.1, -0.05) is 19.9 Å². The Balaban J connectivity index is 1.89. The molecule has 132 valence electrons. The van der Waals surface area contributed by atoms with Crippen LogP contribution in [-0.4, -0.2) is 40.1 Å². The standard InChI is InChI=1S/C17H20N4O4/c1-10(2)13-9-14(21-17(18)20-13)15(22)19-6-7-25-12-5-3-4-11(8-12)16(23)24/h3-5,8-10H,6-7H2,1-2H3,(H,19,22)(H,23,24)(H2,18,20,21). The molecule has 1 heterocycles. The van der Waals surface area contributed by atoms with Crippen LogP contribution in [0.3, 0.4) is 0 Å². The van der Waals surface area contributed by atoms with Gasteiger partial charge in [-0.05, 0) is 30.2 Å². The Morgan fingerprint density at radius 1 is 1.28 bits per heavy atom. The number of aromatic carboxylic acids is 1. The predicted molar refractivity (Wildman–Crippen MR) is 91.8 cm³/mol. The second-order valence-electron chi connectivity index (χ2n) is 5.63. The van der Waals surface area contributed by atoms with Crippen molar-refractivity contribution >= 4 is 17.8 Å².